The lowest BCUT2D eigenvalue weighted by molar-refractivity contribution is -0.113. The highest BCUT2D eigenvalue weighted by Crippen LogP contribution is 2.21. The molecule has 0 saturated heterocycles. The van der Waals surface area contributed by atoms with Gasteiger partial charge in [-0.25, -0.2) is 4.79 Å². The van der Waals surface area contributed by atoms with Crippen LogP contribution in [0.4, 0.5) is 5.69 Å². The Hall–Kier alpha value is -1.26. The van der Waals surface area contributed by atoms with Crippen molar-refractivity contribution in [2.45, 2.75) is 6.92 Å². The van der Waals surface area contributed by atoms with Crippen LogP contribution in [0.2, 0.25) is 5.02 Å². The van der Waals surface area contributed by atoms with E-state index in [1.165, 1.54) is 12.1 Å². The third-order valence-corrected chi connectivity index (χ3v) is 2.35. The van der Waals surface area contributed by atoms with Gasteiger partial charge < -0.3 is 10.1 Å². The Bertz CT molecular complexity index is 435. The van der Waals surface area contributed by atoms with Crippen molar-refractivity contribution in [2.24, 2.45) is 0 Å². The zero-order valence-electron chi connectivity index (χ0n) is 9.13. The first-order valence-corrected chi connectivity index (χ1v) is 5.82. The van der Waals surface area contributed by atoms with Gasteiger partial charge in [0.05, 0.1) is 17.9 Å². The van der Waals surface area contributed by atoms with E-state index >= 15 is 0 Å². The Labute approximate surface area is 109 Å². The number of rotatable bonds is 4. The summed E-state index contributed by atoms with van der Waals surface area (Å²) in [4.78, 5) is 22.8. The van der Waals surface area contributed by atoms with Crippen molar-refractivity contribution in [1.29, 1.82) is 0 Å². The second kappa shape index (κ2) is 6.47. The van der Waals surface area contributed by atoms with Gasteiger partial charge in [-0.05, 0) is 25.1 Å². The average Bonchev–Trinajstić information content (AvgIpc) is 2.31. The van der Waals surface area contributed by atoms with Crippen LogP contribution < -0.4 is 5.32 Å². The standard InChI is InChI=1S/C11H11Cl2NO3/c1-2-17-11(16)8-5-7(13)3-4-9(8)14-10(15)6-12/h3-5H,2,6H2,1H3,(H,14,15). The minimum Gasteiger partial charge on any atom is -0.462 e. The van der Waals surface area contributed by atoms with Crippen LogP contribution in [0.3, 0.4) is 0 Å². The van der Waals surface area contributed by atoms with Crippen molar-refractivity contribution in [1.82, 2.24) is 0 Å². The van der Waals surface area contributed by atoms with Crippen LogP contribution in [0, 0.1) is 0 Å². The van der Waals surface area contributed by atoms with Crippen LogP contribution in [-0.2, 0) is 9.53 Å². The van der Waals surface area contributed by atoms with E-state index in [0.29, 0.717) is 10.7 Å². The summed E-state index contributed by atoms with van der Waals surface area (Å²) >= 11 is 11.2. The van der Waals surface area contributed by atoms with Gasteiger partial charge in [-0.2, -0.15) is 0 Å². The van der Waals surface area contributed by atoms with Gasteiger partial charge in [0, 0.05) is 5.02 Å². The van der Waals surface area contributed by atoms with E-state index in [1.54, 1.807) is 13.0 Å². The number of benzene rings is 1. The van der Waals surface area contributed by atoms with Crippen LogP contribution in [0.25, 0.3) is 0 Å². The molecule has 0 aliphatic rings. The third kappa shape index (κ3) is 3.91. The van der Waals surface area contributed by atoms with E-state index in [-0.39, 0.29) is 18.1 Å². The first kappa shape index (κ1) is 13.8. The monoisotopic (exact) mass is 275 g/mol. The van der Waals surface area contributed by atoms with Crippen molar-refractivity contribution in [3.05, 3.63) is 28.8 Å². The molecule has 92 valence electrons. The maximum atomic E-state index is 11.6. The largest absolute Gasteiger partial charge is 0.462 e. The molecule has 1 N–H and O–H groups in total. The summed E-state index contributed by atoms with van der Waals surface area (Å²) in [5.41, 5.74) is 0.538. The van der Waals surface area contributed by atoms with Crippen LogP contribution in [0.1, 0.15) is 17.3 Å². The molecule has 0 spiro atoms. The number of carbonyl (C=O) groups excluding carboxylic acids is 2. The van der Waals surface area contributed by atoms with Gasteiger partial charge in [-0.3, -0.25) is 4.79 Å². The van der Waals surface area contributed by atoms with Crippen LogP contribution >= 0.6 is 23.2 Å². The predicted octanol–water partition coefficient (Wildman–Crippen LogP) is 2.69. The Morgan fingerprint density at radius 1 is 1.41 bits per heavy atom. The number of halogens is 2. The first-order valence-electron chi connectivity index (χ1n) is 4.91. The molecule has 4 nitrogen and oxygen atoms in total. The summed E-state index contributed by atoms with van der Waals surface area (Å²) in [6.45, 7) is 1.94. The maximum Gasteiger partial charge on any atom is 0.340 e. The molecule has 17 heavy (non-hydrogen) atoms. The van der Waals surface area contributed by atoms with E-state index < -0.39 is 11.9 Å². The molecule has 1 amide bonds. The first-order chi connectivity index (χ1) is 8.08. The highest BCUT2D eigenvalue weighted by Gasteiger charge is 2.14. The number of hydrogen-bond donors (Lipinski definition) is 1. The van der Waals surface area contributed by atoms with Gasteiger partial charge in [0.1, 0.15) is 5.88 Å². The summed E-state index contributed by atoms with van der Waals surface area (Å²) < 4.78 is 4.86. The molecule has 0 bridgehead atoms. The number of alkyl halides is 1. The van der Waals surface area contributed by atoms with Crippen molar-refractivity contribution in [2.75, 3.05) is 17.8 Å². The summed E-state index contributed by atoms with van der Waals surface area (Å²) in [5.74, 6) is -1.13. The molecule has 0 aliphatic carbocycles. The number of nitrogens with one attached hydrogen (secondary N) is 1. The number of carbonyl (C=O) groups is 2. The molecular formula is C11H11Cl2NO3. The smallest absolute Gasteiger partial charge is 0.340 e. The molecule has 1 aromatic rings. The van der Waals surface area contributed by atoms with Gasteiger partial charge in [0.15, 0.2) is 0 Å². The normalized spacial score (nSPS) is 9.82. The minimum absolute atomic E-state index is 0.190. The average molecular weight is 276 g/mol. The number of ether oxygens (including phenoxy) is 1. The second-order valence-corrected chi connectivity index (χ2v) is 3.80. The highest BCUT2D eigenvalue weighted by molar-refractivity contribution is 6.31. The van der Waals surface area contributed by atoms with Gasteiger partial charge >= 0.3 is 5.97 Å². The highest BCUT2D eigenvalue weighted by atomic mass is 35.5. The molecule has 1 rings (SSSR count). The molecule has 0 aliphatic heterocycles. The fourth-order valence-electron chi connectivity index (χ4n) is 1.19. The zero-order valence-corrected chi connectivity index (χ0v) is 10.6. The quantitative estimate of drug-likeness (QED) is 0.679. The Morgan fingerprint density at radius 2 is 2.12 bits per heavy atom. The Balaban J connectivity index is 3.03. The number of amides is 1. The molecular weight excluding hydrogens is 265 g/mol. The van der Waals surface area contributed by atoms with E-state index in [2.05, 4.69) is 5.32 Å². The van der Waals surface area contributed by atoms with Gasteiger partial charge in [0.2, 0.25) is 5.91 Å². The van der Waals surface area contributed by atoms with E-state index in [4.69, 9.17) is 27.9 Å². The van der Waals surface area contributed by atoms with E-state index in [1.807, 2.05) is 0 Å². The summed E-state index contributed by atoms with van der Waals surface area (Å²) in [7, 11) is 0. The number of hydrogen-bond acceptors (Lipinski definition) is 3. The van der Waals surface area contributed by atoms with E-state index in [0.717, 1.165) is 0 Å². The molecule has 0 heterocycles. The molecule has 6 heteroatoms. The van der Waals surface area contributed by atoms with E-state index in [9.17, 15) is 9.59 Å². The number of esters is 1. The van der Waals surface area contributed by atoms with Gasteiger partial charge in [0.25, 0.3) is 0 Å². The summed E-state index contributed by atoms with van der Waals surface area (Å²) in [6, 6.07) is 4.52. The van der Waals surface area contributed by atoms with Crippen LogP contribution in [0.15, 0.2) is 18.2 Å². The second-order valence-electron chi connectivity index (χ2n) is 3.09. The molecule has 1 aromatic carbocycles. The lowest BCUT2D eigenvalue weighted by atomic mass is 10.2. The predicted molar refractivity (Wildman–Crippen MR) is 66.8 cm³/mol. The summed E-state index contributed by atoms with van der Waals surface area (Å²) in [6.07, 6.45) is 0. The maximum absolute atomic E-state index is 11.6. The lowest BCUT2D eigenvalue weighted by Gasteiger charge is -2.09. The Kier molecular flexibility index (Phi) is 5.25. The number of anilines is 1. The molecule has 0 saturated carbocycles. The SMILES string of the molecule is CCOC(=O)c1cc(Cl)ccc1NC(=O)CCl. The molecule has 0 unspecified atom stereocenters. The Morgan fingerprint density at radius 3 is 2.71 bits per heavy atom. The van der Waals surface area contributed by atoms with Crippen molar-refractivity contribution in [3.8, 4) is 0 Å². The van der Waals surface area contributed by atoms with Crippen LogP contribution in [-0.4, -0.2) is 24.4 Å². The van der Waals surface area contributed by atoms with Crippen molar-refractivity contribution in [3.63, 3.8) is 0 Å². The minimum atomic E-state index is -0.542. The third-order valence-electron chi connectivity index (χ3n) is 1.87. The molecule has 0 radical (unpaired) electrons. The fraction of sp³-hybridized carbons (Fsp3) is 0.273. The van der Waals surface area contributed by atoms with Gasteiger partial charge in [-0.1, -0.05) is 11.6 Å². The fourth-order valence-corrected chi connectivity index (χ4v) is 1.43. The van der Waals surface area contributed by atoms with Crippen LogP contribution in [0.5, 0.6) is 0 Å². The van der Waals surface area contributed by atoms with Crippen molar-refractivity contribution >= 4 is 40.8 Å². The topological polar surface area (TPSA) is 55.4 Å². The molecule has 0 fully saturated rings. The lowest BCUT2D eigenvalue weighted by Crippen LogP contribution is -2.16. The zero-order chi connectivity index (χ0) is 12.8. The van der Waals surface area contributed by atoms with Gasteiger partial charge in [-0.15, -0.1) is 11.6 Å². The molecule has 0 atom stereocenters. The van der Waals surface area contributed by atoms with Crippen molar-refractivity contribution < 1.29 is 14.3 Å². The molecule has 0 aromatic heterocycles. The summed E-state index contributed by atoms with van der Waals surface area (Å²) in [5, 5.41) is 2.88.